The van der Waals surface area contributed by atoms with Gasteiger partial charge < -0.3 is 20.3 Å². The summed E-state index contributed by atoms with van der Waals surface area (Å²) in [6, 6.07) is 3.81. The lowest BCUT2D eigenvalue weighted by Gasteiger charge is -2.30. The summed E-state index contributed by atoms with van der Waals surface area (Å²) >= 11 is 0. The fourth-order valence-electron chi connectivity index (χ4n) is 3.60. The van der Waals surface area contributed by atoms with Crippen molar-refractivity contribution in [3.63, 3.8) is 0 Å². The average molecular weight is 405 g/mol. The molecule has 2 saturated heterocycles. The molecule has 26 heavy (non-hydrogen) atoms. The summed E-state index contributed by atoms with van der Waals surface area (Å²) in [7, 11) is 0. The minimum absolute atomic E-state index is 0. The van der Waals surface area contributed by atoms with Crippen LogP contribution in [-0.2, 0) is 9.53 Å². The highest BCUT2D eigenvalue weighted by Gasteiger charge is 2.23. The van der Waals surface area contributed by atoms with Crippen LogP contribution in [-0.4, -0.2) is 50.3 Å². The maximum absolute atomic E-state index is 12.5. The molecule has 0 saturated carbocycles. The van der Waals surface area contributed by atoms with Crippen molar-refractivity contribution in [1.82, 2.24) is 10.3 Å². The van der Waals surface area contributed by atoms with Crippen molar-refractivity contribution in [2.24, 2.45) is 11.8 Å². The number of hydrogen-bond donors (Lipinski definition) is 2. The summed E-state index contributed by atoms with van der Waals surface area (Å²) < 4.78 is 5.40. The molecule has 1 unspecified atom stereocenters. The Bertz CT molecular complexity index is 550. The number of nitrogens with one attached hydrogen (secondary N) is 2. The molecule has 0 bridgehead atoms. The molecule has 2 fully saturated rings. The molecule has 6 nitrogen and oxygen atoms in total. The second-order valence-corrected chi connectivity index (χ2v) is 6.79. The Morgan fingerprint density at radius 2 is 2.04 bits per heavy atom. The van der Waals surface area contributed by atoms with Gasteiger partial charge in [-0.15, -0.1) is 24.8 Å². The maximum atomic E-state index is 12.5. The number of rotatable bonds is 5. The van der Waals surface area contributed by atoms with Crippen LogP contribution in [0.15, 0.2) is 18.3 Å². The molecule has 2 aliphatic heterocycles. The van der Waals surface area contributed by atoms with Crippen LogP contribution in [0.2, 0.25) is 0 Å². The van der Waals surface area contributed by atoms with Gasteiger partial charge in [-0.2, -0.15) is 0 Å². The Labute approximate surface area is 168 Å². The number of nitrogens with zero attached hydrogens (tertiary/aromatic N) is 2. The first kappa shape index (κ1) is 23.0. The summed E-state index contributed by atoms with van der Waals surface area (Å²) in [5, 5.41) is 6.46. The molecule has 3 rings (SSSR count). The number of carbonyl (C=O) groups is 1. The molecule has 1 aromatic heterocycles. The third kappa shape index (κ3) is 6.27. The zero-order valence-electron chi connectivity index (χ0n) is 15.3. The van der Waals surface area contributed by atoms with Gasteiger partial charge in [-0.3, -0.25) is 4.79 Å². The zero-order chi connectivity index (χ0) is 16.8. The molecule has 1 amide bonds. The van der Waals surface area contributed by atoms with Crippen molar-refractivity contribution in [2.45, 2.75) is 26.2 Å². The number of pyridine rings is 1. The van der Waals surface area contributed by atoms with Gasteiger partial charge in [0.2, 0.25) is 5.91 Å². The average Bonchev–Trinajstić information content (AvgIpc) is 2.63. The maximum Gasteiger partial charge on any atom is 0.224 e. The lowest BCUT2D eigenvalue weighted by atomic mass is 9.84. The predicted molar refractivity (Wildman–Crippen MR) is 110 cm³/mol. The summed E-state index contributed by atoms with van der Waals surface area (Å²) in [4.78, 5) is 19.2. The van der Waals surface area contributed by atoms with Crippen LogP contribution in [0.5, 0.6) is 0 Å². The third-order valence-electron chi connectivity index (χ3n) is 5.07. The first-order valence-corrected chi connectivity index (χ1v) is 9.02. The fourth-order valence-corrected chi connectivity index (χ4v) is 3.60. The molecule has 1 aromatic rings. The Kier molecular flexibility index (Phi) is 10.2. The van der Waals surface area contributed by atoms with Crippen LogP contribution in [0.3, 0.4) is 0 Å². The molecule has 8 heteroatoms. The highest BCUT2D eigenvalue weighted by molar-refractivity contribution is 5.93. The number of halogens is 2. The number of amides is 1. The highest BCUT2D eigenvalue weighted by atomic mass is 35.5. The van der Waals surface area contributed by atoms with Gasteiger partial charge >= 0.3 is 0 Å². The molecule has 2 N–H and O–H groups in total. The topological polar surface area (TPSA) is 66.5 Å². The van der Waals surface area contributed by atoms with Crippen LogP contribution in [0.25, 0.3) is 0 Å². The van der Waals surface area contributed by atoms with Crippen molar-refractivity contribution in [3.8, 4) is 0 Å². The van der Waals surface area contributed by atoms with Crippen LogP contribution in [0, 0.1) is 11.8 Å². The Hall–Kier alpha value is -1.08. The number of ether oxygens (including phenoxy) is 1. The van der Waals surface area contributed by atoms with Gasteiger partial charge in [-0.05, 0) is 49.9 Å². The van der Waals surface area contributed by atoms with Crippen molar-refractivity contribution >= 4 is 42.2 Å². The quantitative estimate of drug-likeness (QED) is 0.789. The summed E-state index contributed by atoms with van der Waals surface area (Å²) in [6.07, 6.45) is 4.68. The lowest BCUT2D eigenvalue weighted by molar-refractivity contribution is -0.117. The van der Waals surface area contributed by atoms with Gasteiger partial charge in [0.1, 0.15) is 0 Å². The van der Waals surface area contributed by atoms with E-state index in [1.54, 1.807) is 6.20 Å². The van der Waals surface area contributed by atoms with E-state index in [-0.39, 0.29) is 30.7 Å². The number of piperidine rings is 1. The largest absolute Gasteiger partial charge is 0.378 e. The van der Waals surface area contributed by atoms with Crippen molar-refractivity contribution in [3.05, 3.63) is 18.3 Å². The van der Waals surface area contributed by atoms with Gasteiger partial charge in [0.25, 0.3) is 0 Å². The van der Waals surface area contributed by atoms with Gasteiger partial charge in [0, 0.05) is 25.7 Å². The standard InChI is InChI=1S/C18H28N4O2.2ClH/c1-14(15-4-7-19-8-5-15)13-17(23)21-16-3-2-6-20-18(16)22-9-11-24-12-10-22;;/h2-3,6,14-15,19H,4-5,7-13H2,1H3,(H,21,23);2*1H. The molecule has 2 aliphatic rings. The van der Waals surface area contributed by atoms with Crippen molar-refractivity contribution < 1.29 is 9.53 Å². The first-order valence-electron chi connectivity index (χ1n) is 9.02. The van der Waals surface area contributed by atoms with E-state index in [1.165, 1.54) is 12.8 Å². The van der Waals surface area contributed by atoms with Crippen LogP contribution in [0.1, 0.15) is 26.2 Å². The minimum Gasteiger partial charge on any atom is -0.378 e. The molecule has 0 aromatic carbocycles. The molecule has 0 spiro atoms. The molecule has 0 aliphatic carbocycles. The second kappa shape index (κ2) is 11.6. The van der Waals surface area contributed by atoms with Crippen molar-refractivity contribution in [2.75, 3.05) is 49.6 Å². The Morgan fingerprint density at radius 1 is 1.35 bits per heavy atom. The normalized spacial score (nSPS) is 19.0. The summed E-state index contributed by atoms with van der Waals surface area (Å²) in [6.45, 7) is 7.37. The SMILES string of the molecule is CC(CC(=O)Nc1cccnc1N1CCOCC1)C1CCNCC1.Cl.Cl. The van der Waals surface area contributed by atoms with Gasteiger partial charge in [0.05, 0.1) is 18.9 Å². The summed E-state index contributed by atoms with van der Waals surface area (Å²) in [5.41, 5.74) is 0.807. The van der Waals surface area contributed by atoms with Crippen molar-refractivity contribution in [1.29, 1.82) is 0 Å². The number of morpholine rings is 1. The van der Waals surface area contributed by atoms with E-state index in [2.05, 4.69) is 27.4 Å². The molecular formula is C18H30Cl2N4O2. The lowest BCUT2D eigenvalue weighted by Crippen LogP contribution is -2.37. The van der Waals surface area contributed by atoms with E-state index in [0.717, 1.165) is 37.7 Å². The number of anilines is 2. The number of carbonyl (C=O) groups excluding carboxylic acids is 1. The number of hydrogen-bond acceptors (Lipinski definition) is 5. The van der Waals surface area contributed by atoms with E-state index in [4.69, 9.17) is 4.74 Å². The highest BCUT2D eigenvalue weighted by Crippen LogP contribution is 2.27. The van der Waals surface area contributed by atoms with E-state index in [0.29, 0.717) is 31.5 Å². The van der Waals surface area contributed by atoms with Gasteiger partial charge in [-0.1, -0.05) is 6.92 Å². The number of aromatic nitrogens is 1. The first-order chi connectivity index (χ1) is 11.7. The smallest absolute Gasteiger partial charge is 0.224 e. The summed E-state index contributed by atoms with van der Waals surface area (Å²) in [5.74, 6) is 1.99. The van der Waals surface area contributed by atoms with E-state index >= 15 is 0 Å². The van der Waals surface area contributed by atoms with E-state index in [9.17, 15) is 4.79 Å². The van der Waals surface area contributed by atoms with Crippen LogP contribution < -0.4 is 15.5 Å². The second-order valence-electron chi connectivity index (χ2n) is 6.79. The zero-order valence-corrected chi connectivity index (χ0v) is 16.9. The van der Waals surface area contributed by atoms with E-state index < -0.39 is 0 Å². The minimum atomic E-state index is 0. The van der Waals surface area contributed by atoms with E-state index in [1.807, 2.05) is 12.1 Å². The molecule has 148 valence electrons. The molecule has 3 heterocycles. The molecule has 1 atom stereocenters. The molecular weight excluding hydrogens is 375 g/mol. The fraction of sp³-hybridized carbons (Fsp3) is 0.667. The Morgan fingerprint density at radius 3 is 2.73 bits per heavy atom. The third-order valence-corrected chi connectivity index (χ3v) is 5.07. The molecule has 0 radical (unpaired) electrons. The van der Waals surface area contributed by atoms with Gasteiger partial charge in [0.15, 0.2) is 5.82 Å². The Balaban J connectivity index is 0.00000169. The predicted octanol–water partition coefficient (Wildman–Crippen LogP) is 2.73. The van der Waals surface area contributed by atoms with Crippen LogP contribution in [0.4, 0.5) is 11.5 Å². The van der Waals surface area contributed by atoms with Gasteiger partial charge in [-0.25, -0.2) is 4.98 Å². The monoisotopic (exact) mass is 404 g/mol. The van der Waals surface area contributed by atoms with Crippen LogP contribution >= 0.6 is 24.8 Å².